The van der Waals surface area contributed by atoms with Crippen molar-refractivity contribution in [1.29, 1.82) is 0 Å². The van der Waals surface area contributed by atoms with E-state index in [1.54, 1.807) is 0 Å². The highest BCUT2D eigenvalue weighted by molar-refractivity contribution is 2.53. The summed E-state index contributed by atoms with van der Waals surface area (Å²) in [7, 11) is 0. The molecule has 0 amide bonds. The van der Waals surface area contributed by atoms with Gasteiger partial charge in [0.2, 0.25) is 0 Å². The van der Waals surface area contributed by atoms with Crippen LogP contribution in [0.1, 0.15) is 215 Å². The predicted octanol–water partition coefficient (Wildman–Crippen LogP) is 18.4. The highest BCUT2D eigenvalue weighted by Crippen LogP contribution is 0.172. The number of hydrogen-bond donors (Lipinski definition) is 0. The van der Waals surface area contributed by atoms with Crippen molar-refractivity contribution >= 4 is 0 Å². The van der Waals surface area contributed by atoms with Gasteiger partial charge in [-0.3, -0.25) is 0 Å². The summed E-state index contributed by atoms with van der Waals surface area (Å²) in [5.41, 5.74) is 0. The zero-order valence-electron chi connectivity index (χ0n) is 0. The SMILES string of the molecule is C.C.C.C.C.C.C.C.C.C.C.C.C.C.C.C.C.C.C.C.C.C.C.C.C.C.C.C.C. The van der Waals surface area contributed by atoms with Crippen molar-refractivity contribution in [2.45, 2.75) is 215 Å². The van der Waals surface area contributed by atoms with Crippen LogP contribution in [0.5, 0.6) is 0 Å². The van der Waals surface area contributed by atoms with Crippen LogP contribution in [0.15, 0.2) is 0 Å². The Morgan fingerprint density at radius 3 is 0.0345 bits per heavy atom. The second-order valence-corrected chi connectivity index (χ2v) is 0. The Morgan fingerprint density at radius 2 is 0.0345 bits per heavy atom. The van der Waals surface area contributed by atoms with Gasteiger partial charge in [0.05, 0.1) is 0 Å². The first-order chi connectivity index (χ1) is 0. The molecule has 0 saturated carbocycles. The van der Waals surface area contributed by atoms with Crippen LogP contribution in [0, 0.1) is 0 Å². The van der Waals surface area contributed by atoms with Gasteiger partial charge in [-0.1, -0.05) is 215 Å². The third kappa shape index (κ3) is 0. The molecule has 0 spiro atoms. The van der Waals surface area contributed by atoms with Crippen LogP contribution in [-0.4, -0.2) is 0 Å². The van der Waals surface area contributed by atoms with E-state index < -0.39 is 0 Å². The van der Waals surface area contributed by atoms with E-state index in [0.717, 1.165) is 0 Å². The van der Waals surface area contributed by atoms with E-state index in [9.17, 15) is 0 Å². The Hall–Kier alpha value is 0. The standard InChI is InChI=1S/29CH4/h29*1H4. The van der Waals surface area contributed by atoms with E-state index in [2.05, 4.69) is 0 Å². The molecule has 0 N–H and O–H groups in total. The van der Waals surface area contributed by atoms with Gasteiger partial charge in [0, 0.05) is 0 Å². The molecule has 0 aromatic rings. The lowest BCUT2D eigenvalue weighted by atomic mass is 12.0. The first kappa shape index (κ1) is 0. The van der Waals surface area contributed by atoms with E-state index in [4.69, 9.17) is 0 Å². The monoisotopic (exact) mass is 465 g/mol. The van der Waals surface area contributed by atoms with Crippen molar-refractivity contribution in [2.24, 2.45) is 0 Å². The predicted molar refractivity (Wildman–Crippen MR) is 195 cm³/mol. The highest BCUT2D eigenvalue weighted by atomic mass is 12.0. The Morgan fingerprint density at radius 1 is 0.0345 bits per heavy atom. The molecule has 232 valence electrons. The summed E-state index contributed by atoms with van der Waals surface area (Å²) in [6.07, 6.45) is 0. The minimum Gasteiger partial charge on any atom is -0.0776 e. The fourth-order valence-electron chi connectivity index (χ4n) is 0. The molecule has 0 aliphatic carbocycles. The largest absolute Gasteiger partial charge is 0.0776 e. The third-order valence-corrected chi connectivity index (χ3v) is 0. The molecule has 0 rings (SSSR count). The van der Waals surface area contributed by atoms with Gasteiger partial charge in [-0.2, -0.15) is 0 Å². The van der Waals surface area contributed by atoms with Crippen LogP contribution in [0.2, 0.25) is 0 Å². The topological polar surface area (TPSA) is 0 Å². The molecule has 0 atom stereocenters. The molecule has 0 fully saturated rings. The molecule has 0 unspecified atom stereocenters. The lowest BCUT2D eigenvalue weighted by Crippen LogP contribution is 0.143. The van der Waals surface area contributed by atoms with Gasteiger partial charge in [0.25, 0.3) is 0 Å². The summed E-state index contributed by atoms with van der Waals surface area (Å²) < 4.78 is 0. The lowest BCUT2D eigenvalue weighted by molar-refractivity contribution is 2.50. The molecule has 0 aliphatic heterocycles. The Labute approximate surface area is 215 Å². The zero-order chi connectivity index (χ0) is 0. The van der Waals surface area contributed by atoms with Crippen LogP contribution in [0.3, 0.4) is 0 Å². The van der Waals surface area contributed by atoms with Crippen LogP contribution in [-0.2, 0) is 0 Å². The van der Waals surface area contributed by atoms with Crippen LogP contribution < -0.4 is 0 Å². The van der Waals surface area contributed by atoms with Crippen LogP contribution in [0.25, 0.3) is 0 Å². The van der Waals surface area contributed by atoms with Gasteiger partial charge >= 0.3 is 0 Å². The van der Waals surface area contributed by atoms with E-state index in [0.29, 0.717) is 0 Å². The lowest BCUT2D eigenvalue weighted by Gasteiger charge is -0.0786. The van der Waals surface area contributed by atoms with E-state index in [-0.39, 0.29) is 215 Å². The first-order valence-electron chi connectivity index (χ1n) is 0. The molecular formula is C29H116. The highest BCUT2D eigenvalue weighted by Gasteiger charge is -0.0496. The van der Waals surface area contributed by atoms with Gasteiger partial charge in [-0.05, 0) is 0 Å². The summed E-state index contributed by atoms with van der Waals surface area (Å²) in [6, 6.07) is 0. The Kier molecular flexibility index (Phi) is 0. The number of hydrogen-bond acceptors (Lipinski definition) is 0. The molecule has 0 nitrogen and oxygen atoms in total. The van der Waals surface area contributed by atoms with Crippen molar-refractivity contribution in [2.75, 3.05) is 0 Å². The van der Waals surface area contributed by atoms with E-state index >= 15 is 0 Å². The second-order valence-electron chi connectivity index (χ2n) is 0. The fourth-order valence-corrected chi connectivity index (χ4v) is 0. The first-order valence-corrected chi connectivity index (χ1v) is 0. The van der Waals surface area contributed by atoms with Crippen molar-refractivity contribution in [3.05, 3.63) is 0 Å². The summed E-state index contributed by atoms with van der Waals surface area (Å²) in [5.74, 6) is 0. The molecule has 0 heterocycles. The molecule has 0 aromatic heterocycles. The molecule has 0 aromatic carbocycles. The minimum atomic E-state index is 0. The van der Waals surface area contributed by atoms with Gasteiger partial charge in [-0.25, -0.2) is 0 Å². The summed E-state index contributed by atoms with van der Waals surface area (Å²) in [4.78, 5) is 0. The Bertz CT molecular complexity index is 0. The van der Waals surface area contributed by atoms with Crippen molar-refractivity contribution in [1.82, 2.24) is 0 Å². The molecular weight excluding hydrogens is 348 g/mol. The smallest absolute Gasteiger partial charge is 0.0776 e. The molecule has 0 bridgehead atoms. The summed E-state index contributed by atoms with van der Waals surface area (Å²) in [5, 5.41) is 0. The normalized spacial score (nSPS) is 0. The van der Waals surface area contributed by atoms with Crippen molar-refractivity contribution in [3.8, 4) is 0 Å². The van der Waals surface area contributed by atoms with Gasteiger partial charge in [0.15, 0.2) is 0 Å². The third-order valence-electron chi connectivity index (χ3n) is 0. The Balaban J connectivity index is 0. The van der Waals surface area contributed by atoms with Gasteiger partial charge < -0.3 is 0 Å². The average Bonchev–Trinajstić information content (AvgIpc) is 0. The van der Waals surface area contributed by atoms with Crippen LogP contribution in [0.4, 0.5) is 0 Å². The number of rotatable bonds is 0. The fraction of sp³-hybridized carbons (Fsp3) is 1.00. The summed E-state index contributed by atoms with van der Waals surface area (Å²) in [6.45, 7) is 0. The maximum absolute atomic E-state index is 0. The second kappa shape index (κ2) is 0. The molecule has 0 radical (unpaired) electrons. The van der Waals surface area contributed by atoms with Crippen LogP contribution >= 0.6 is 0 Å². The van der Waals surface area contributed by atoms with Crippen molar-refractivity contribution < 1.29 is 0 Å². The average molecular weight is 465 g/mol. The quantitative estimate of drug-likeness (QED) is 0.334. The zero-order valence-corrected chi connectivity index (χ0v) is 0. The summed E-state index contributed by atoms with van der Waals surface area (Å²) >= 11 is 0. The van der Waals surface area contributed by atoms with Gasteiger partial charge in [-0.15, -0.1) is 0 Å². The maximum atomic E-state index is 0. The molecule has 0 heteroatoms. The van der Waals surface area contributed by atoms with E-state index in [1.165, 1.54) is 0 Å². The van der Waals surface area contributed by atoms with Crippen molar-refractivity contribution in [3.63, 3.8) is 0 Å². The molecule has 0 aliphatic rings. The minimum absolute atomic E-state index is 0. The van der Waals surface area contributed by atoms with Gasteiger partial charge in [0.1, 0.15) is 0 Å². The molecule has 29 heavy (non-hydrogen) atoms. The van der Waals surface area contributed by atoms with E-state index in [1.807, 2.05) is 0 Å². The molecule has 0 saturated heterocycles. The maximum Gasteiger partial charge on any atom is -0.0776 e.